The van der Waals surface area contributed by atoms with Crippen LogP contribution in [0.5, 0.6) is 0 Å². The summed E-state index contributed by atoms with van der Waals surface area (Å²) in [4.78, 5) is 11.0. The standard InChI is InChI=1S/C14H11N5O2/c20-14(21)11-3-1-4-12(7-11)19-6-2-5-13(19)8-17-18-9-15-16-10-18/h1-10H,(H,20,21). The normalized spacial score (nSPS) is 11.0. The summed E-state index contributed by atoms with van der Waals surface area (Å²) in [6.07, 6.45) is 6.45. The van der Waals surface area contributed by atoms with Crippen molar-refractivity contribution in [3.8, 4) is 5.69 Å². The average Bonchev–Trinajstić information content (AvgIpc) is 3.16. The fourth-order valence-corrected chi connectivity index (χ4v) is 1.90. The van der Waals surface area contributed by atoms with Crippen molar-refractivity contribution in [2.75, 3.05) is 0 Å². The van der Waals surface area contributed by atoms with Crippen molar-refractivity contribution < 1.29 is 9.90 Å². The van der Waals surface area contributed by atoms with Gasteiger partial charge in [-0.25, -0.2) is 9.47 Å². The molecule has 0 unspecified atom stereocenters. The van der Waals surface area contributed by atoms with E-state index in [1.54, 1.807) is 24.4 Å². The molecule has 3 aromatic rings. The van der Waals surface area contributed by atoms with Gasteiger partial charge in [0.15, 0.2) is 0 Å². The van der Waals surface area contributed by atoms with Gasteiger partial charge in [0.05, 0.1) is 17.5 Å². The SMILES string of the molecule is O=C(O)c1cccc(-n2cccc2C=Nn2cnnc2)c1. The second kappa shape index (κ2) is 5.41. The van der Waals surface area contributed by atoms with Gasteiger partial charge < -0.3 is 9.67 Å². The summed E-state index contributed by atoms with van der Waals surface area (Å²) >= 11 is 0. The molecule has 0 aliphatic heterocycles. The van der Waals surface area contributed by atoms with Gasteiger partial charge in [-0.2, -0.15) is 5.10 Å². The van der Waals surface area contributed by atoms with Crippen LogP contribution in [0.1, 0.15) is 16.1 Å². The number of nitrogens with zero attached hydrogens (tertiary/aromatic N) is 5. The van der Waals surface area contributed by atoms with Crippen molar-refractivity contribution in [1.29, 1.82) is 0 Å². The molecule has 0 bridgehead atoms. The first-order valence-electron chi connectivity index (χ1n) is 6.14. The van der Waals surface area contributed by atoms with Crippen LogP contribution >= 0.6 is 0 Å². The predicted molar refractivity (Wildman–Crippen MR) is 75.7 cm³/mol. The summed E-state index contributed by atoms with van der Waals surface area (Å²) < 4.78 is 3.32. The molecule has 0 amide bonds. The van der Waals surface area contributed by atoms with Crippen molar-refractivity contribution in [3.05, 3.63) is 66.5 Å². The van der Waals surface area contributed by atoms with Crippen LogP contribution in [0.25, 0.3) is 5.69 Å². The van der Waals surface area contributed by atoms with Crippen molar-refractivity contribution in [3.63, 3.8) is 0 Å². The van der Waals surface area contributed by atoms with Crippen LogP contribution in [-0.2, 0) is 0 Å². The summed E-state index contributed by atoms with van der Waals surface area (Å²) in [5, 5.41) is 20.6. The molecule has 1 aromatic carbocycles. The highest BCUT2D eigenvalue weighted by Gasteiger charge is 2.06. The average molecular weight is 281 g/mol. The van der Waals surface area contributed by atoms with E-state index >= 15 is 0 Å². The van der Waals surface area contributed by atoms with E-state index < -0.39 is 5.97 Å². The van der Waals surface area contributed by atoms with Gasteiger partial charge in [-0.3, -0.25) is 0 Å². The summed E-state index contributed by atoms with van der Waals surface area (Å²) in [6.45, 7) is 0. The third-order valence-corrected chi connectivity index (χ3v) is 2.88. The van der Waals surface area contributed by atoms with Crippen LogP contribution in [0.3, 0.4) is 0 Å². The Morgan fingerprint density at radius 1 is 1.19 bits per heavy atom. The molecule has 0 radical (unpaired) electrons. The minimum absolute atomic E-state index is 0.239. The highest BCUT2D eigenvalue weighted by Crippen LogP contribution is 2.13. The maximum Gasteiger partial charge on any atom is 0.335 e. The molecule has 7 nitrogen and oxygen atoms in total. The topological polar surface area (TPSA) is 85.3 Å². The van der Waals surface area contributed by atoms with Crippen LogP contribution in [0.2, 0.25) is 0 Å². The lowest BCUT2D eigenvalue weighted by Gasteiger charge is -2.07. The smallest absolute Gasteiger partial charge is 0.335 e. The van der Waals surface area contributed by atoms with E-state index in [2.05, 4.69) is 15.3 Å². The molecule has 2 aromatic heterocycles. The van der Waals surface area contributed by atoms with Crippen LogP contribution in [0.15, 0.2) is 60.4 Å². The quantitative estimate of drug-likeness (QED) is 0.737. The third kappa shape index (κ3) is 2.71. The summed E-state index contributed by atoms with van der Waals surface area (Å²) in [7, 11) is 0. The predicted octanol–water partition coefficient (Wildman–Crippen LogP) is 1.65. The van der Waals surface area contributed by atoms with E-state index in [4.69, 9.17) is 5.11 Å². The molecule has 2 heterocycles. The summed E-state index contributed by atoms with van der Waals surface area (Å²) in [5.74, 6) is -0.955. The fraction of sp³-hybridized carbons (Fsp3) is 0. The first-order chi connectivity index (χ1) is 10.2. The maximum absolute atomic E-state index is 11.0. The Hall–Kier alpha value is -3.22. The van der Waals surface area contributed by atoms with Gasteiger partial charge in [0.25, 0.3) is 0 Å². The number of rotatable bonds is 4. The molecule has 1 N–H and O–H groups in total. The molecule has 0 spiro atoms. The zero-order chi connectivity index (χ0) is 14.7. The molecule has 0 saturated heterocycles. The van der Waals surface area contributed by atoms with E-state index in [-0.39, 0.29) is 5.56 Å². The number of carboxylic acids is 1. The number of aromatic carboxylic acids is 1. The van der Waals surface area contributed by atoms with Gasteiger partial charge in [-0.15, -0.1) is 10.2 Å². The molecule has 0 atom stereocenters. The van der Waals surface area contributed by atoms with E-state index in [0.29, 0.717) is 0 Å². The highest BCUT2D eigenvalue weighted by atomic mass is 16.4. The Bertz CT molecular complexity index is 789. The molecule has 0 aliphatic carbocycles. The number of benzene rings is 1. The fourth-order valence-electron chi connectivity index (χ4n) is 1.90. The zero-order valence-corrected chi connectivity index (χ0v) is 10.9. The number of hydrogen-bond donors (Lipinski definition) is 1. The minimum atomic E-state index is -0.955. The molecule has 0 aliphatic rings. The van der Waals surface area contributed by atoms with E-state index in [1.165, 1.54) is 17.3 Å². The van der Waals surface area contributed by atoms with Gasteiger partial charge in [-0.1, -0.05) is 6.07 Å². The maximum atomic E-state index is 11.0. The number of carbonyl (C=O) groups is 1. The van der Waals surface area contributed by atoms with Crippen molar-refractivity contribution >= 4 is 12.2 Å². The van der Waals surface area contributed by atoms with Gasteiger partial charge in [-0.05, 0) is 30.3 Å². The zero-order valence-electron chi connectivity index (χ0n) is 10.9. The number of carboxylic acid groups (broad SMARTS) is 1. The van der Waals surface area contributed by atoms with Crippen LogP contribution in [-0.4, -0.2) is 36.7 Å². The second-order valence-electron chi connectivity index (χ2n) is 4.24. The van der Waals surface area contributed by atoms with Crippen molar-refractivity contribution in [2.45, 2.75) is 0 Å². The van der Waals surface area contributed by atoms with Gasteiger partial charge in [0, 0.05) is 11.9 Å². The third-order valence-electron chi connectivity index (χ3n) is 2.88. The second-order valence-corrected chi connectivity index (χ2v) is 4.24. The molecule has 21 heavy (non-hydrogen) atoms. The van der Waals surface area contributed by atoms with Crippen molar-refractivity contribution in [2.24, 2.45) is 5.10 Å². The van der Waals surface area contributed by atoms with E-state index in [0.717, 1.165) is 11.4 Å². The van der Waals surface area contributed by atoms with E-state index in [9.17, 15) is 4.79 Å². The van der Waals surface area contributed by atoms with Gasteiger partial charge in [0.2, 0.25) is 0 Å². The van der Waals surface area contributed by atoms with Crippen LogP contribution in [0, 0.1) is 0 Å². The molecule has 3 rings (SSSR count). The summed E-state index contributed by atoms with van der Waals surface area (Å²) in [6, 6.07) is 10.4. The Morgan fingerprint density at radius 2 is 2.00 bits per heavy atom. The minimum Gasteiger partial charge on any atom is -0.478 e. The van der Waals surface area contributed by atoms with Crippen LogP contribution in [0.4, 0.5) is 0 Å². The first-order valence-corrected chi connectivity index (χ1v) is 6.14. The van der Waals surface area contributed by atoms with Crippen molar-refractivity contribution in [1.82, 2.24) is 19.4 Å². The Labute approximate surface area is 119 Å². The summed E-state index contributed by atoms with van der Waals surface area (Å²) in [5.41, 5.74) is 1.80. The molecule has 7 heteroatoms. The number of aromatic nitrogens is 4. The Balaban J connectivity index is 1.95. The lowest BCUT2D eigenvalue weighted by atomic mass is 10.2. The van der Waals surface area contributed by atoms with E-state index in [1.807, 2.05) is 29.0 Å². The molecule has 0 fully saturated rings. The van der Waals surface area contributed by atoms with Crippen LogP contribution < -0.4 is 0 Å². The monoisotopic (exact) mass is 281 g/mol. The molecule has 104 valence electrons. The lowest BCUT2D eigenvalue weighted by Crippen LogP contribution is -2.02. The highest BCUT2D eigenvalue weighted by molar-refractivity contribution is 5.88. The number of hydrogen-bond acceptors (Lipinski definition) is 4. The molecule has 0 saturated carbocycles. The Morgan fingerprint density at radius 3 is 2.76 bits per heavy atom. The molecular weight excluding hydrogens is 270 g/mol. The Kier molecular flexibility index (Phi) is 3.30. The molecular formula is C14H11N5O2. The lowest BCUT2D eigenvalue weighted by molar-refractivity contribution is 0.0697. The first kappa shape index (κ1) is 12.8. The largest absolute Gasteiger partial charge is 0.478 e. The van der Waals surface area contributed by atoms with Gasteiger partial charge in [0.1, 0.15) is 12.7 Å². The van der Waals surface area contributed by atoms with Gasteiger partial charge >= 0.3 is 5.97 Å².